The Balaban J connectivity index is 2.00. The predicted molar refractivity (Wildman–Crippen MR) is 111 cm³/mol. The summed E-state index contributed by atoms with van der Waals surface area (Å²) in [4.78, 5) is 19.4. The summed E-state index contributed by atoms with van der Waals surface area (Å²) < 4.78 is 6.00. The Morgan fingerprint density at radius 3 is 2.33 bits per heavy atom. The van der Waals surface area contributed by atoms with Crippen molar-refractivity contribution in [3.05, 3.63) is 24.3 Å². The SMILES string of the molecule is CCC(CC)(CN)C(=O)N1CCN(c2ccccc2OCCN(C)C)CC1. The van der Waals surface area contributed by atoms with Crippen LogP contribution in [0.5, 0.6) is 5.75 Å². The Kier molecular flexibility index (Phi) is 7.92. The summed E-state index contributed by atoms with van der Waals surface area (Å²) in [7, 11) is 4.08. The van der Waals surface area contributed by atoms with Crippen LogP contribution in [0.15, 0.2) is 24.3 Å². The molecule has 0 aliphatic carbocycles. The molecule has 1 fully saturated rings. The van der Waals surface area contributed by atoms with E-state index in [1.807, 2.05) is 37.2 Å². The van der Waals surface area contributed by atoms with E-state index in [2.05, 4.69) is 29.7 Å². The van der Waals surface area contributed by atoms with Crippen LogP contribution in [-0.2, 0) is 4.79 Å². The van der Waals surface area contributed by atoms with Gasteiger partial charge in [0.05, 0.1) is 11.1 Å². The lowest BCUT2D eigenvalue weighted by molar-refractivity contribution is -0.142. The van der Waals surface area contributed by atoms with Crippen molar-refractivity contribution < 1.29 is 9.53 Å². The number of hydrogen-bond donors (Lipinski definition) is 1. The molecule has 2 N–H and O–H groups in total. The van der Waals surface area contributed by atoms with Crippen molar-refractivity contribution >= 4 is 11.6 Å². The van der Waals surface area contributed by atoms with Crippen LogP contribution < -0.4 is 15.4 Å². The number of nitrogens with two attached hydrogens (primary N) is 1. The van der Waals surface area contributed by atoms with Crippen molar-refractivity contribution in [2.24, 2.45) is 11.1 Å². The van der Waals surface area contributed by atoms with Crippen LogP contribution in [0.2, 0.25) is 0 Å². The first-order valence-corrected chi connectivity index (χ1v) is 10.1. The number of benzene rings is 1. The zero-order chi connectivity index (χ0) is 19.9. The van der Waals surface area contributed by atoms with Gasteiger partial charge in [0.1, 0.15) is 12.4 Å². The predicted octanol–water partition coefficient (Wildman–Crippen LogP) is 2.04. The number of piperazine rings is 1. The fourth-order valence-corrected chi connectivity index (χ4v) is 3.59. The smallest absolute Gasteiger partial charge is 0.230 e. The monoisotopic (exact) mass is 376 g/mol. The van der Waals surface area contributed by atoms with E-state index in [9.17, 15) is 4.79 Å². The van der Waals surface area contributed by atoms with Crippen LogP contribution >= 0.6 is 0 Å². The van der Waals surface area contributed by atoms with Gasteiger partial charge in [0.2, 0.25) is 5.91 Å². The van der Waals surface area contributed by atoms with Gasteiger partial charge in [-0.25, -0.2) is 0 Å². The Labute approximate surface area is 164 Å². The second-order valence-electron chi connectivity index (χ2n) is 7.59. The first-order chi connectivity index (χ1) is 13.0. The van der Waals surface area contributed by atoms with Crippen molar-refractivity contribution in [1.82, 2.24) is 9.80 Å². The van der Waals surface area contributed by atoms with Gasteiger partial charge in [-0.15, -0.1) is 0 Å². The number of nitrogens with zero attached hydrogens (tertiary/aromatic N) is 3. The molecule has 1 aliphatic heterocycles. The van der Waals surface area contributed by atoms with Gasteiger partial charge in [-0.2, -0.15) is 0 Å². The van der Waals surface area contributed by atoms with Crippen molar-refractivity contribution in [2.75, 3.05) is 64.9 Å². The van der Waals surface area contributed by atoms with Crippen molar-refractivity contribution in [3.63, 3.8) is 0 Å². The van der Waals surface area contributed by atoms with E-state index in [0.29, 0.717) is 13.2 Å². The molecule has 6 heteroatoms. The highest BCUT2D eigenvalue weighted by Crippen LogP contribution is 2.31. The van der Waals surface area contributed by atoms with Gasteiger partial charge in [0, 0.05) is 39.3 Å². The largest absolute Gasteiger partial charge is 0.490 e. The topological polar surface area (TPSA) is 62.0 Å². The molecule has 2 rings (SSSR count). The van der Waals surface area contributed by atoms with Gasteiger partial charge >= 0.3 is 0 Å². The number of hydrogen-bond acceptors (Lipinski definition) is 5. The summed E-state index contributed by atoms with van der Waals surface area (Å²) in [5.74, 6) is 1.13. The molecule has 0 spiro atoms. The lowest BCUT2D eigenvalue weighted by atomic mass is 9.81. The second kappa shape index (κ2) is 9.95. The first kappa shape index (κ1) is 21.5. The van der Waals surface area contributed by atoms with E-state index < -0.39 is 5.41 Å². The van der Waals surface area contributed by atoms with E-state index in [1.165, 1.54) is 0 Å². The molecule has 27 heavy (non-hydrogen) atoms. The standard InChI is InChI=1S/C21H36N4O2/c1-5-21(6-2,17-22)20(26)25-13-11-24(12-14-25)18-9-7-8-10-19(18)27-16-15-23(3)4/h7-10H,5-6,11-17,22H2,1-4H3. The molecule has 6 nitrogen and oxygen atoms in total. The number of likely N-dealkylation sites (N-methyl/N-ethyl adjacent to an activating group) is 1. The molecule has 0 aromatic heterocycles. The lowest BCUT2D eigenvalue weighted by Gasteiger charge is -2.41. The molecule has 1 aromatic carbocycles. The third-order valence-electron chi connectivity index (χ3n) is 5.77. The van der Waals surface area contributed by atoms with Gasteiger partial charge in [0.25, 0.3) is 0 Å². The molecule has 0 radical (unpaired) electrons. The Bertz CT molecular complexity index is 585. The van der Waals surface area contributed by atoms with Crippen LogP contribution in [0.1, 0.15) is 26.7 Å². The van der Waals surface area contributed by atoms with Crippen molar-refractivity contribution in [3.8, 4) is 5.75 Å². The molecule has 0 bridgehead atoms. The number of carbonyl (C=O) groups is 1. The molecule has 0 unspecified atom stereocenters. The van der Waals surface area contributed by atoms with Crippen molar-refractivity contribution in [1.29, 1.82) is 0 Å². The average molecular weight is 377 g/mol. The molecular formula is C21H36N4O2. The van der Waals surface area contributed by atoms with Crippen LogP contribution in [0.4, 0.5) is 5.69 Å². The number of para-hydroxylation sites is 2. The molecule has 1 aliphatic rings. The highest BCUT2D eigenvalue weighted by Gasteiger charge is 2.38. The lowest BCUT2D eigenvalue weighted by Crippen LogP contribution is -2.54. The number of carbonyl (C=O) groups excluding carboxylic acids is 1. The fourth-order valence-electron chi connectivity index (χ4n) is 3.59. The highest BCUT2D eigenvalue weighted by molar-refractivity contribution is 5.83. The van der Waals surface area contributed by atoms with E-state index in [0.717, 1.165) is 57.0 Å². The van der Waals surface area contributed by atoms with E-state index in [-0.39, 0.29) is 5.91 Å². The average Bonchev–Trinajstić information content (AvgIpc) is 2.70. The van der Waals surface area contributed by atoms with Gasteiger partial charge < -0.3 is 25.2 Å². The molecule has 1 saturated heterocycles. The summed E-state index contributed by atoms with van der Waals surface area (Å²) in [6, 6.07) is 8.17. The summed E-state index contributed by atoms with van der Waals surface area (Å²) in [5.41, 5.74) is 6.67. The number of anilines is 1. The minimum absolute atomic E-state index is 0.213. The molecule has 1 amide bonds. The minimum Gasteiger partial charge on any atom is -0.490 e. The summed E-state index contributed by atoms with van der Waals surface area (Å²) in [6.07, 6.45) is 1.59. The van der Waals surface area contributed by atoms with Gasteiger partial charge in [0.15, 0.2) is 0 Å². The van der Waals surface area contributed by atoms with Crippen LogP contribution in [0, 0.1) is 5.41 Å². The number of ether oxygens (including phenoxy) is 1. The van der Waals surface area contributed by atoms with Crippen molar-refractivity contribution in [2.45, 2.75) is 26.7 Å². The molecule has 1 heterocycles. The quantitative estimate of drug-likeness (QED) is 0.715. The second-order valence-corrected chi connectivity index (χ2v) is 7.59. The van der Waals surface area contributed by atoms with E-state index in [1.54, 1.807) is 0 Å². The Morgan fingerprint density at radius 1 is 1.15 bits per heavy atom. The first-order valence-electron chi connectivity index (χ1n) is 10.1. The molecule has 152 valence electrons. The Hall–Kier alpha value is -1.79. The van der Waals surface area contributed by atoms with E-state index >= 15 is 0 Å². The van der Waals surface area contributed by atoms with E-state index in [4.69, 9.17) is 10.5 Å². The zero-order valence-electron chi connectivity index (χ0n) is 17.4. The van der Waals surface area contributed by atoms with Crippen LogP contribution in [0.25, 0.3) is 0 Å². The third kappa shape index (κ3) is 5.14. The van der Waals surface area contributed by atoms with Gasteiger partial charge in [-0.3, -0.25) is 4.79 Å². The molecule has 0 saturated carbocycles. The molecule has 1 aromatic rings. The summed E-state index contributed by atoms with van der Waals surface area (Å²) >= 11 is 0. The van der Waals surface area contributed by atoms with Crippen LogP contribution in [-0.4, -0.2) is 75.7 Å². The number of rotatable bonds is 9. The maximum absolute atomic E-state index is 13.0. The maximum atomic E-state index is 13.0. The summed E-state index contributed by atoms with van der Waals surface area (Å²) in [6.45, 7) is 9.17. The zero-order valence-corrected chi connectivity index (χ0v) is 17.4. The highest BCUT2D eigenvalue weighted by atomic mass is 16.5. The minimum atomic E-state index is -0.407. The third-order valence-corrected chi connectivity index (χ3v) is 5.77. The van der Waals surface area contributed by atoms with Gasteiger partial charge in [-0.1, -0.05) is 26.0 Å². The maximum Gasteiger partial charge on any atom is 0.230 e. The van der Waals surface area contributed by atoms with Gasteiger partial charge in [-0.05, 0) is 39.1 Å². The number of amides is 1. The normalized spacial score (nSPS) is 15.3. The molecular weight excluding hydrogens is 340 g/mol. The summed E-state index contributed by atoms with van der Waals surface area (Å²) in [5, 5.41) is 0. The Morgan fingerprint density at radius 2 is 1.78 bits per heavy atom. The van der Waals surface area contributed by atoms with Crippen LogP contribution in [0.3, 0.4) is 0 Å². The fraction of sp³-hybridized carbons (Fsp3) is 0.667. The molecule has 0 atom stereocenters.